The number of unbranched alkanes of at least 4 members (excludes halogenated alkanes) is 1. The molecule has 1 aromatic rings. The fourth-order valence-electron chi connectivity index (χ4n) is 1.93. The van der Waals surface area contributed by atoms with Crippen LogP contribution >= 0.6 is 69.6 Å². The third kappa shape index (κ3) is 13.0. The van der Waals surface area contributed by atoms with E-state index in [0.29, 0.717) is 47.1 Å². The minimum Gasteiger partial charge on any atom is -0.490 e. The average molecular weight is 540 g/mol. The van der Waals surface area contributed by atoms with Crippen molar-refractivity contribution in [2.45, 2.75) is 19.8 Å². The van der Waals surface area contributed by atoms with E-state index in [4.69, 9.17) is 88.7 Å². The van der Waals surface area contributed by atoms with E-state index in [-0.39, 0.29) is 22.2 Å². The van der Waals surface area contributed by atoms with Gasteiger partial charge in [-0.3, -0.25) is 0 Å². The van der Waals surface area contributed by atoms with Gasteiger partial charge in [-0.15, -0.1) is 0 Å². The molecule has 0 spiro atoms. The fraction of sp³-hybridized carbons (Fsp3) is 0.421. The zero-order chi connectivity index (χ0) is 22.4. The highest BCUT2D eigenvalue weighted by Gasteiger charge is 2.10. The number of benzene rings is 1. The third-order valence-corrected chi connectivity index (χ3v) is 4.41. The second-order valence-corrected chi connectivity index (χ2v) is 8.58. The number of rotatable bonds is 14. The summed E-state index contributed by atoms with van der Waals surface area (Å²) in [5.41, 5.74) is 0.704. The molecule has 0 aliphatic rings. The van der Waals surface area contributed by atoms with Crippen LogP contribution in [-0.4, -0.2) is 38.7 Å². The molecule has 1 rings (SSSR count). The molecule has 0 aliphatic heterocycles. The molecule has 0 amide bonds. The first-order valence-electron chi connectivity index (χ1n) is 8.79. The Morgan fingerprint density at radius 3 is 2.13 bits per heavy atom. The molecule has 168 valence electrons. The van der Waals surface area contributed by atoms with Gasteiger partial charge in [0.1, 0.15) is 27.9 Å². The first-order chi connectivity index (χ1) is 14.3. The quantitative estimate of drug-likeness (QED) is 0.139. The van der Waals surface area contributed by atoms with Crippen LogP contribution in [0.5, 0.6) is 11.5 Å². The van der Waals surface area contributed by atoms with E-state index >= 15 is 0 Å². The van der Waals surface area contributed by atoms with Crippen LogP contribution in [0.2, 0.25) is 10.0 Å². The van der Waals surface area contributed by atoms with Crippen molar-refractivity contribution in [2.24, 2.45) is 5.16 Å². The fourth-order valence-corrected chi connectivity index (χ4v) is 2.76. The van der Waals surface area contributed by atoms with Gasteiger partial charge >= 0.3 is 0 Å². The van der Waals surface area contributed by atoms with E-state index in [0.717, 1.165) is 12.8 Å². The zero-order valence-corrected chi connectivity index (χ0v) is 20.6. The Labute approximate surface area is 206 Å². The Kier molecular flexibility index (Phi) is 14.8. The molecule has 0 bridgehead atoms. The van der Waals surface area contributed by atoms with E-state index in [1.54, 1.807) is 19.1 Å². The van der Waals surface area contributed by atoms with Crippen molar-refractivity contribution in [3.8, 4) is 11.5 Å². The molecule has 0 N–H and O–H groups in total. The lowest BCUT2D eigenvalue weighted by atomic mass is 10.3. The number of oxime groups is 1. The second-order valence-electron chi connectivity index (χ2n) is 5.75. The van der Waals surface area contributed by atoms with Crippen molar-refractivity contribution < 1.29 is 19.0 Å². The predicted octanol–water partition coefficient (Wildman–Crippen LogP) is 7.58. The summed E-state index contributed by atoms with van der Waals surface area (Å²) < 4.78 is 16.9. The van der Waals surface area contributed by atoms with Crippen molar-refractivity contribution in [1.82, 2.24) is 0 Å². The Bertz CT molecular complexity index is 724. The maximum absolute atomic E-state index is 6.22. The van der Waals surface area contributed by atoms with Crippen LogP contribution < -0.4 is 9.47 Å². The first-order valence-corrected chi connectivity index (χ1v) is 11.1. The molecule has 0 radical (unpaired) electrons. The molecular weight excluding hydrogens is 519 g/mol. The first kappa shape index (κ1) is 27.5. The van der Waals surface area contributed by atoms with E-state index in [1.807, 2.05) is 0 Å². The number of nitrogens with zero attached hydrogens (tertiary/aromatic N) is 1. The Morgan fingerprint density at radius 2 is 1.50 bits per heavy atom. The normalized spacial score (nSPS) is 11.1. The highest BCUT2D eigenvalue weighted by atomic mass is 35.5. The third-order valence-electron chi connectivity index (χ3n) is 3.23. The molecule has 0 unspecified atom stereocenters. The summed E-state index contributed by atoms with van der Waals surface area (Å²) in [6, 6.07) is 3.23. The van der Waals surface area contributed by atoms with Crippen LogP contribution in [0.15, 0.2) is 38.4 Å². The summed E-state index contributed by atoms with van der Waals surface area (Å²) in [5, 5.41) is 4.58. The Morgan fingerprint density at radius 1 is 0.900 bits per heavy atom. The topological polar surface area (TPSA) is 49.3 Å². The van der Waals surface area contributed by atoms with Crippen molar-refractivity contribution in [2.75, 3.05) is 33.0 Å². The summed E-state index contributed by atoms with van der Waals surface area (Å²) in [4.78, 5) is 5.01. The van der Waals surface area contributed by atoms with Crippen LogP contribution in [0.25, 0.3) is 0 Å². The molecule has 5 nitrogen and oxygen atoms in total. The van der Waals surface area contributed by atoms with Gasteiger partial charge in [0.05, 0.1) is 29.0 Å². The number of halogens is 6. The number of ether oxygens (including phenoxy) is 3. The molecule has 0 aromatic heterocycles. The van der Waals surface area contributed by atoms with Gasteiger partial charge in [-0.1, -0.05) is 74.8 Å². The maximum Gasteiger partial charge on any atom is 0.156 e. The second kappa shape index (κ2) is 16.2. The smallest absolute Gasteiger partial charge is 0.156 e. The van der Waals surface area contributed by atoms with Gasteiger partial charge in [0.25, 0.3) is 0 Å². The summed E-state index contributed by atoms with van der Waals surface area (Å²) in [6.07, 6.45) is 4.55. The maximum atomic E-state index is 6.22. The largest absolute Gasteiger partial charge is 0.490 e. The minimum atomic E-state index is 0.122. The van der Waals surface area contributed by atoms with Crippen molar-refractivity contribution in [3.05, 3.63) is 43.3 Å². The van der Waals surface area contributed by atoms with E-state index in [9.17, 15) is 0 Å². The molecule has 0 saturated heterocycles. The van der Waals surface area contributed by atoms with Crippen LogP contribution in [0.4, 0.5) is 0 Å². The summed E-state index contributed by atoms with van der Waals surface area (Å²) in [7, 11) is 0. The molecule has 0 atom stereocenters. The number of hydrogen-bond donors (Lipinski definition) is 0. The van der Waals surface area contributed by atoms with Gasteiger partial charge in [0, 0.05) is 18.7 Å². The lowest BCUT2D eigenvalue weighted by Crippen LogP contribution is -2.08. The van der Waals surface area contributed by atoms with Crippen molar-refractivity contribution in [3.63, 3.8) is 0 Å². The van der Waals surface area contributed by atoms with Gasteiger partial charge in [-0.05, 0) is 31.9 Å². The van der Waals surface area contributed by atoms with Crippen molar-refractivity contribution in [1.29, 1.82) is 0 Å². The summed E-state index contributed by atoms with van der Waals surface area (Å²) in [6.45, 7) is 3.55. The molecular formula is C19H21Cl6NO4. The lowest BCUT2D eigenvalue weighted by Gasteiger charge is -2.12. The summed E-state index contributed by atoms with van der Waals surface area (Å²) in [5.74, 6) is 0.892. The molecule has 0 fully saturated rings. The standard InChI is InChI=1S/C19H21Cl6NO4/c1-13(26-30-9-5-18(24)25)12-27-6-2-3-7-29-19-15(20)10-14(11-16(19)21)28-8-4-17(22)23/h4-5,10-11H,2-3,6-9,12H2,1H3. The molecule has 0 saturated carbocycles. The Hall–Kier alpha value is -0.530. The van der Waals surface area contributed by atoms with Crippen molar-refractivity contribution >= 4 is 75.3 Å². The van der Waals surface area contributed by atoms with Crippen LogP contribution in [0.3, 0.4) is 0 Å². The highest BCUT2D eigenvalue weighted by molar-refractivity contribution is 6.56. The lowest BCUT2D eigenvalue weighted by molar-refractivity contribution is 0.146. The van der Waals surface area contributed by atoms with Crippen LogP contribution in [-0.2, 0) is 9.57 Å². The SMILES string of the molecule is CC(COCCCCOc1c(Cl)cc(OCC=C(Cl)Cl)cc1Cl)=NOCC=C(Cl)Cl. The van der Waals surface area contributed by atoms with Gasteiger partial charge in [0.2, 0.25) is 0 Å². The van der Waals surface area contributed by atoms with Gasteiger partial charge in [0.15, 0.2) is 5.75 Å². The molecule has 30 heavy (non-hydrogen) atoms. The molecule has 0 aliphatic carbocycles. The van der Waals surface area contributed by atoms with Gasteiger partial charge in [-0.2, -0.15) is 0 Å². The van der Waals surface area contributed by atoms with Crippen LogP contribution in [0, 0.1) is 0 Å². The summed E-state index contributed by atoms with van der Waals surface area (Å²) >= 11 is 34.4. The van der Waals surface area contributed by atoms with Gasteiger partial charge < -0.3 is 19.0 Å². The average Bonchev–Trinajstić information content (AvgIpc) is 2.65. The monoisotopic (exact) mass is 537 g/mol. The molecule has 11 heteroatoms. The zero-order valence-electron chi connectivity index (χ0n) is 16.1. The van der Waals surface area contributed by atoms with E-state index < -0.39 is 0 Å². The predicted molar refractivity (Wildman–Crippen MR) is 126 cm³/mol. The molecule has 1 aromatic carbocycles. The highest BCUT2D eigenvalue weighted by Crippen LogP contribution is 2.37. The Balaban J connectivity index is 2.25. The molecule has 0 heterocycles. The van der Waals surface area contributed by atoms with E-state index in [1.165, 1.54) is 12.2 Å². The number of hydrogen-bond acceptors (Lipinski definition) is 5. The van der Waals surface area contributed by atoms with Crippen LogP contribution in [0.1, 0.15) is 19.8 Å². The van der Waals surface area contributed by atoms with Gasteiger partial charge in [-0.25, -0.2) is 0 Å². The van der Waals surface area contributed by atoms with E-state index in [2.05, 4.69) is 5.16 Å². The minimum absolute atomic E-state index is 0.122.